The predicted molar refractivity (Wildman–Crippen MR) is 94.8 cm³/mol. The first-order chi connectivity index (χ1) is 12.1. The SMILES string of the molecule is CCC=c1[nH]n(-c2ccc(F)cc2)c(=O)c1=CNc1cccc(F)c1. The van der Waals surface area contributed by atoms with Crippen LogP contribution >= 0.6 is 0 Å². The van der Waals surface area contributed by atoms with Crippen molar-refractivity contribution < 1.29 is 8.78 Å². The van der Waals surface area contributed by atoms with Crippen molar-refractivity contribution in [3.8, 4) is 5.69 Å². The van der Waals surface area contributed by atoms with Crippen LogP contribution in [-0.2, 0) is 0 Å². The Morgan fingerprint density at radius 2 is 1.88 bits per heavy atom. The molecule has 2 N–H and O–H groups in total. The highest BCUT2D eigenvalue weighted by Crippen LogP contribution is 2.08. The number of anilines is 1. The Kier molecular flexibility index (Phi) is 4.79. The zero-order chi connectivity index (χ0) is 17.8. The van der Waals surface area contributed by atoms with Gasteiger partial charge in [-0.1, -0.05) is 19.1 Å². The molecule has 0 aliphatic rings. The monoisotopic (exact) mass is 341 g/mol. The van der Waals surface area contributed by atoms with Gasteiger partial charge in [0.05, 0.1) is 16.3 Å². The summed E-state index contributed by atoms with van der Waals surface area (Å²) in [5, 5.41) is 7.00. The van der Waals surface area contributed by atoms with Crippen LogP contribution in [0.5, 0.6) is 0 Å². The highest BCUT2D eigenvalue weighted by atomic mass is 19.1. The molecule has 1 heterocycles. The second kappa shape index (κ2) is 7.17. The van der Waals surface area contributed by atoms with Crippen LogP contribution in [0.2, 0.25) is 0 Å². The van der Waals surface area contributed by atoms with E-state index in [4.69, 9.17) is 0 Å². The van der Waals surface area contributed by atoms with Gasteiger partial charge in [0.25, 0.3) is 5.56 Å². The van der Waals surface area contributed by atoms with E-state index < -0.39 is 0 Å². The molecule has 0 saturated heterocycles. The lowest BCUT2D eigenvalue weighted by molar-refractivity contribution is 0.626. The van der Waals surface area contributed by atoms with Gasteiger partial charge in [-0.2, -0.15) is 0 Å². The Hall–Kier alpha value is -3.15. The van der Waals surface area contributed by atoms with Gasteiger partial charge in [0.1, 0.15) is 11.6 Å². The zero-order valence-corrected chi connectivity index (χ0v) is 13.6. The Balaban J connectivity index is 2.09. The molecule has 128 valence electrons. The molecule has 3 rings (SSSR count). The first-order valence-corrected chi connectivity index (χ1v) is 7.88. The first kappa shape index (κ1) is 16.7. The number of H-pyrrole nitrogens is 1. The number of aromatic amines is 1. The van der Waals surface area contributed by atoms with Crippen LogP contribution in [0.1, 0.15) is 13.3 Å². The van der Waals surface area contributed by atoms with E-state index in [9.17, 15) is 13.6 Å². The van der Waals surface area contributed by atoms with Gasteiger partial charge in [-0.25, -0.2) is 13.5 Å². The summed E-state index contributed by atoms with van der Waals surface area (Å²) in [5.41, 5.74) is 0.786. The molecule has 0 radical (unpaired) electrons. The van der Waals surface area contributed by atoms with E-state index in [0.717, 1.165) is 6.42 Å². The number of nitrogens with zero attached hydrogens (tertiary/aromatic N) is 1. The van der Waals surface area contributed by atoms with Gasteiger partial charge in [0.15, 0.2) is 0 Å². The van der Waals surface area contributed by atoms with Crippen molar-refractivity contribution in [2.24, 2.45) is 0 Å². The molecule has 0 amide bonds. The number of nitrogens with one attached hydrogen (secondary N) is 2. The molecule has 6 heteroatoms. The van der Waals surface area contributed by atoms with Gasteiger partial charge in [-0.05, 0) is 48.9 Å². The average molecular weight is 341 g/mol. The molecule has 25 heavy (non-hydrogen) atoms. The molecule has 0 aliphatic carbocycles. The van der Waals surface area contributed by atoms with Crippen LogP contribution in [0.4, 0.5) is 14.5 Å². The lowest BCUT2D eigenvalue weighted by Gasteiger charge is -2.00. The van der Waals surface area contributed by atoms with Gasteiger partial charge < -0.3 is 5.32 Å². The Morgan fingerprint density at radius 1 is 1.12 bits per heavy atom. The minimum absolute atomic E-state index is 0.282. The van der Waals surface area contributed by atoms with Crippen LogP contribution in [0, 0.1) is 11.6 Å². The molecular formula is C19H17F2N3O. The van der Waals surface area contributed by atoms with Gasteiger partial charge in [0, 0.05) is 11.9 Å². The van der Waals surface area contributed by atoms with Gasteiger partial charge >= 0.3 is 0 Å². The third-order valence-electron chi connectivity index (χ3n) is 3.66. The Labute approximate surface area is 142 Å². The van der Waals surface area contributed by atoms with Crippen LogP contribution in [0.25, 0.3) is 18.0 Å². The predicted octanol–water partition coefficient (Wildman–Crippen LogP) is 2.48. The van der Waals surface area contributed by atoms with Crippen LogP contribution < -0.4 is 21.4 Å². The third kappa shape index (κ3) is 3.68. The van der Waals surface area contributed by atoms with Crippen molar-refractivity contribution in [3.05, 3.63) is 81.1 Å². The standard InChI is InChI=1S/C19H17F2N3O/c1-2-4-18-17(12-22-15-6-3-5-14(21)11-15)19(25)24(23-18)16-9-7-13(20)8-10-16/h3-12,22-23H,2H2,1H3. The molecule has 0 saturated carbocycles. The second-order valence-corrected chi connectivity index (χ2v) is 5.47. The van der Waals surface area contributed by atoms with E-state index in [2.05, 4.69) is 10.4 Å². The van der Waals surface area contributed by atoms with E-state index in [1.807, 2.05) is 13.0 Å². The van der Waals surface area contributed by atoms with Gasteiger partial charge in [-0.15, -0.1) is 0 Å². The summed E-state index contributed by atoms with van der Waals surface area (Å²) in [5.74, 6) is -0.736. The molecule has 0 bridgehead atoms. The summed E-state index contributed by atoms with van der Waals surface area (Å²) in [6, 6.07) is 11.6. The minimum Gasteiger partial charge on any atom is -0.361 e. The smallest absolute Gasteiger partial charge is 0.280 e. The van der Waals surface area contributed by atoms with Crippen molar-refractivity contribution in [2.75, 3.05) is 5.32 Å². The lowest BCUT2D eigenvalue weighted by Crippen LogP contribution is -2.35. The van der Waals surface area contributed by atoms with E-state index in [1.54, 1.807) is 12.1 Å². The largest absolute Gasteiger partial charge is 0.361 e. The van der Waals surface area contributed by atoms with Gasteiger partial charge in [0.2, 0.25) is 0 Å². The average Bonchev–Trinajstić information content (AvgIpc) is 2.90. The van der Waals surface area contributed by atoms with E-state index in [-0.39, 0.29) is 17.2 Å². The summed E-state index contributed by atoms with van der Waals surface area (Å²) in [7, 11) is 0. The maximum absolute atomic E-state index is 13.3. The fraction of sp³-hybridized carbons (Fsp3) is 0.105. The molecule has 0 atom stereocenters. The second-order valence-electron chi connectivity index (χ2n) is 5.47. The van der Waals surface area contributed by atoms with E-state index in [0.29, 0.717) is 21.9 Å². The topological polar surface area (TPSA) is 49.8 Å². The molecule has 3 aromatic rings. The maximum atomic E-state index is 13.3. The van der Waals surface area contributed by atoms with Crippen molar-refractivity contribution in [3.63, 3.8) is 0 Å². The van der Waals surface area contributed by atoms with E-state index >= 15 is 0 Å². The van der Waals surface area contributed by atoms with E-state index in [1.165, 1.54) is 47.3 Å². The summed E-state index contributed by atoms with van der Waals surface area (Å²) in [6.07, 6.45) is 4.14. The van der Waals surface area contributed by atoms with Gasteiger partial charge in [-0.3, -0.25) is 9.89 Å². The molecule has 1 aromatic heterocycles. The number of hydrogen-bond acceptors (Lipinski definition) is 2. The van der Waals surface area contributed by atoms with Crippen molar-refractivity contribution in [1.29, 1.82) is 0 Å². The Morgan fingerprint density at radius 3 is 2.56 bits per heavy atom. The molecule has 2 aromatic carbocycles. The highest BCUT2D eigenvalue weighted by molar-refractivity contribution is 5.54. The molecule has 0 fully saturated rings. The van der Waals surface area contributed by atoms with Crippen LogP contribution in [0.15, 0.2) is 53.3 Å². The number of hydrogen-bond donors (Lipinski definition) is 2. The number of aromatic nitrogens is 2. The van der Waals surface area contributed by atoms with Crippen molar-refractivity contribution in [1.82, 2.24) is 9.78 Å². The number of rotatable bonds is 4. The summed E-state index contributed by atoms with van der Waals surface area (Å²) in [6.45, 7) is 1.96. The molecule has 0 unspecified atom stereocenters. The molecular weight excluding hydrogens is 324 g/mol. The number of halogens is 2. The van der Waals surface area contributed by atoms with Crippen molar-refractivity contribution >= 4 is 18.0 Å². The fourth-order valence-corrected chi connectivity index (χ4v) is 2.47. The number of benzene rings is 2. The third-order valence-corrected chi connectivity index (χ3v) is 3.66. The minimum atomic E-state index is -0.372. The normalized spacial score (nSPS) is 12.6. The zero-order valence-electron chi connectivity index (χ0n) is 13.6. The summed E-state index contributed by atoms with van der Waals surface area (Å²) < 4.78 is 27.7. The lowest BCUT2D eigenvalue weighted by atomic mass is 10.3. The van der Waals surface area contributed by atoms with Crippen LogP contribution in [0.3, 0.4) is 0 Å². The fourth-order valence-electron chi connectivity index (χ4n) is 2.47. The summed E-state index contributed by atoms with van der Waals surface area (Å²) in [4.78, 5) is 12.7. The Bertz CT molecular complexity index is 1050. The van der Waals surface area contributed by atoms with Crippen molar-refractivity contribution in [2.45, 2.75) is 13.3 Å². The molecule has 4 nitrogen and oxygen atoms in total. The highest BCUT2D eigenvalue weighted by Gasteiger charge is 2.05. The maximum Gasteiger partial charge on any atom is 0.280 e. The molecule has 0 spiro atoms. The molecule has 0 aliphatic heterocycles. The summed E-state index contributed by atoms with van der Waals surface area (Å²) >= 11 is 0. The quantitative estimate of drug-likeness (QED) is 0.766. The first-order valence-electron chi connectivity index (χ1n) is 7.88. The van der Waals surface area contributed by atoms with Crippen LogP contribution in [-0.4, -0.2) is 9.78 Å².